The van der Waals surface area contributed by atoms with Crippen LogP contribution in [0.5, 0.6) is 5.88 Å². The van der Waals surface area contributed by atoms with Gasteiger partial charge in [0.25, 0.3) is 0 Å². The van der Waals surface area contributed by atoms with Crippen LogP contribution in [0.3, 0.4) is 0 Å². The molecular weight excluding hydrogens is 250 g/mol. The Morgan fingerprint density at radius 1 is 1.35 bits per heavy atom. The van der Waals surface area contributed by atoms with Gasteiger partial charge in [0.2, 0.25) is 5.88 Å². The fourth-order valence-corrected chi connectivity index (χ4v) is 3.20. The van der Waals surface area contributed by atoms with Gasteiger partial charge in [-0.1, -0.05) is 27.2 Å². The van der Waals surface area contributed by atoms with E-state index in [0.717, 1.165) is 23.6 Å². The van der Waals surface area contributed by atoms with Gasteiger partial charge in [0.15, 0.2) is 0 Å². The average Bonchev–Trinajstić information content (AvgIpc) is 2.38. The van der Waals surface area contributed by atoms with Crippen molar-refractivity contribution in [2.24, 2.45) is 17.8 Å². The van der Waals surface area contributed by atoms with Crippen LogP contribution in [0, 0.1) is 24.7 Å². The van der Waals surface area contributed by atoms with E-state index in [-0.39, 0.29) is 12.7 Å². The van der Waals surface area contributed by atoms with Crippen LogP contribution in [0.1, 0.15) is 51.3 Å². The molecule has 3 unspecified atom stereocenters. The molecule has 3 heteroatoms. The summed E-state index contributed by atoms with van der Waals surface area (Å²) >= 11 is 0. The molecule has 1 aromatic rings. The first kappa shape index (κ1) is 15.3. The summed E-state index contributed by atoms with van der Waals surface area (Å²) in [5.41, 5.74) is 1.73. The number of aliphatic hydroxyl groups is 1. The van der Waals surface area contributed by atoms with Crippen molar-refractivity contribution in [2.75, 3.05) is 0 Å². The lowest BCUT2D eigenvalue weighted by Gasteiger charge is -2.37. The second-order valence-electron chi connectivity index (χ2n) is 6.53. The molecule has 3 nitrogen and oxygen atoms in total. The molecule has 1 aromatic heterocycles. The monoisotopic (exact) mass is 277 g/mol. The van der Waals surface area contributed by atoms with Gasteiger partial charge in [-0.05, 0) is 49.1 Å². The first-order chi connectivity index (χ1) is 9.51. The van der Waals surface area contributed by atoms with Crippen molar-refractivity contribution in [1.82, 2.24) is 4.98 Å². The lowest BCUT2D eigenvalue weighted by Crippen LogP contribution is -2.36. The summed E-state index contributed by atoms with van der Waals surface area (Å²) in [6.07, 6.45) is 3.94. The molecule has 1 aliphatic rings. The minimum atomic E-state index is 0.0359. The fourth-order valence-electron chi connectivity index (χ4n) is 3.20. The molecule has 2 rings (SSSR count). The van der Waals surface area contributed by atoms with Gasteiger partial charge in [0.05, 0.1) is 6.61 Å². The van der Waals surface area contributed by atoms with Crippen molar-refractivity contribution in [3.63, 3.8) is 0 Å². The van der Waals surface area contributed by atoms with Crippen LogP contribution in [0.2, 0.25) is 0 Å². The Morgan fingerprint density at radius 2 is 2.10 bits per heavy atom. The number of ether oxygens (including phenoxy) is 1. The maximum atomic E-state index is 9.20. The minimum absolute atomic E-state index is 0.0359. The van der Waals surface area contributed by atoms with Crippen molar-refractivity contribution in [2.45, 2.75) is 59.7 Å². The Labute approximate surface area is 122 Å². The smallest absolute Gasteiger partial charge is 0.213 e. The van der Waals surface area contributed by atoms with Gasteiger partial charge in [-0.15, -0.1) is 0 Å². The number of hydrogen-bond donors (Lipinski definition) is 1. The molecule has 3 atom stereocenters. The summed E-state index contributed by atoms with van der Waals surface area (Å²) in [5, 5.41) is 9.20. The van der Waals surface area contributed by atoms with Crippen LogP contribution < -0.4 is 4.74 Å². The quantitative estimate of drug-likeness (QED) is 0.912. The van der Waals surface area contributed by atoms with E-state index >= 15 is 0 Å². The highest BCUT2D eigenvalue weighted by Crippen LogP contribution is 2.35. The highest BCUT2D eigenvalue weighted by molar-refractivity contribution is 5.24. The molecule has 0 spiro atoms. The molecular formula is C17H27NO2. The van der Waals surface area contributed by atoms with E-state index in [9.17, 15) is 5.11 Å². The Morgan fingerprint density at radius 3 is 2.70 bits per heavy atom. The fraction of sp³-hybridized carbons (Fsp3) is 0.706. The van der Waals surface area contributed by atoms with Gasteiger partial charge in [-0.25, -0.2) is 4.98 Å². The van der Waals surface area contributed by atoms with Crippen LogP contribution in [-0.2, 0) is 6.61 Å². The third-order valence-corrected chi connectivity index (χ3v) is 4.57. The summed E-state index contributed by atoms with van der Waals surface area (Å²) < 4.78 is 6.19. The van der Waals surface area contributed by atoms with Gasteiger partial charge in [0.1, 0.15) is 6.10 Å². The summed E-state index contributed by atoms with van der Waals surface area (Å²) in [6, 6.07) is 3.80. The molecule has 0 saturated heterocycles. The molecule has 112 valence electrons. The minimum Gasteiger partial charge on any atom is -0.474 e. The molecule has 0 bridgehead atoms. The Balaban J connectivity index is 2.11. The zero-order chi connectivity index (χ0) is 14.7. The number of aliphatic hydroxyl groups excluding tert-OH is 1. The third kappa shape index (κ3) is 3.51. The van der Waals surface area contributed by atoms with E-state index in [1.54, 1.807) is 0 Å². The summed E-state index contributed by atoms with van der Waals surface area (Å²) in [7, 11) is 0. The predicted octanol–water partition coefficient (Wildman–Crippen LogP) is 3.72. The number of nitrogens with zero attached hydrogens (tertiary/aromatic N) is 1. The van der Waals surface area contributed by atoms with E-state index in [1.807, 2.05) is 19.1 Å². The zero-order valence-corrected chi connectivity index (χ0v) is 13.1. The predicted molar refractivity (Wildman–Crippen MR) is 80.7 cm³/mol. The van der Waals surface area contributed by atoms with Crippen LogP contribution >= 0.6 is 0 Å². The van der Waals surface area contributed by atoms with E-state index in [0.29, 0.717) is 17.7 Å². The first-order valence-electron chi connectivity index (χ1n) is 7.75. The van der Waals surface area contributed by atoms with E-state index in [2.05, 4.69) is 25.8 Å². The maximum Gasteiger partial charge on any atom is 0.213 e. The Hall–Kier alpha value is -1.09. The highest BCUT2D eigenvalue weighted by Gasteiger charge is 2.32. The molecule has 1 aliphatic carbocycles. The number of hydrogen-bond acceptors (Lipinski definition) is 3. The summed E-state index contributed by atoms with van der Waals surface area (Å²) in [6.45, 7) is 8.82. The number of aromatic nitrogens is 1. The topological polar surface area (TPSA) is 42.4 Å². The number of aryl methyl sites for hydroxylation is 1. The second kappa shape index (κ2) is 6.57. The molecule has 1 heterocycles. The normalized spacial score (nSPS) is 26.8. The van der Waals surface area contributed by atoms with Crippen molar-refractivity contribution in [3.05, 3.63) is 23.4 Å². The van der Waals surface area contributed by atoms with E-state index in [1.165, 1.54) is 12.8 Å². The number of rotatable bonds is 4. The molecule has 0 amide bonds. The molecule has 0 radical (unpaired) electrons. The standard InChI is InChI=1S/C17H27NO2/c1-11(2)15-7-5-12(3)9-16(15)20-17-8-6-14(10-19)13(4)18-17/h6,8,11-12,15-16,19H,5,7,9-10H2,1-4H3. The summed E-state index contributed by atoms with van der Waals surface area (Å²) in [5.74, 6) is 2.69. The second-order valence-corrected chi connectivity index (χ2v) is 6.53. The van der Waals surface area contributed by atoms with Crippen LogP contribution in [0.15, 0.2) is 12.1 Å². The molecule has 0 aliphatic heterocycles. The molecule has 0 aromatic carbocycles. The SMILES string of the molecule is Cc1nc(OC2CC(C)CCC2C(C)C)ccc1CO. The Kier molecular flexibility index (Phi) is 5.03. The van der Waals surface area contributed by atoms with Crippen molar-refractivity contribution in [3.8, 4) is 5.88 Å². The van der Waals surface area contributed by atoms with Crippen LogP contribution in [-0.4, -0.2) is 16.2 Å². The largest absolute Gasteiger partial charge is 0.474 e. The Bertz CT molecular complexity index is 445. The van der Waals surface area contributed by atoms with Gasteiger partial charge >= 0.3 is 0 Å². The molecule has 1 N–H and O–H groups in total. The number of pyridine rings is 1. The van der Waals surface area contributed by atoms with E-state index < -0.39 is 0 Å². The van der Waals surface area contributed by atoms with Gasteiger partial charge < -0.3 is 9.84 Å². The molecule has 20 heavy (non-hydrogen) atoms. The van der Waals surface area contributed by atoms with Gasteiger partial charge in [-0.2, -0.15) is 0 Å². The average molecular weight is 277 g/mol. The molecule has 1 fully saturated rings. The van der Waals surface area contributed by atoms with Crippen molar-refractivity contribution in [1.29, 1.82) is 0 Å². The lowest BCUT2D eigenvalue weighted by molar-refractivity contribution is 0.0425. The third-order valence-electron chi connectivity index (χ3n) is 4.57. The van der Waals surface area contributed by atoms with E-state index in [4.69, 9.17) is 4.74 Å². The first-order valence-corrected chi connectivity index (χ1v) is 7.75. The lowest BCUT2D eigenvalue weighted by atomic mass is 9.75. The maximum absolute atomic E-state index is 9.20. The summed E-state index contributed by atoms with van der Waals surface area (Å²) in [4.78, 5) is 4.47. The van der Waals surface area contributed by atoms with Gasteiger partial charge in [-0.3, -0.25) is 0 Å². The van der Waals surface area contributed by atoms with Gasteiger partial charge in [0, 0.05) is 11.8 Å². The zero-order valence-electron chi connectivity index (χ0n) is 13.1. The van der Waals surface area contributed by atoms with Crippen LogP contribution in [0.4, 0.5) is 0 Å². The van der Waals surface area contributed by atoms with Crippen molar-refractivity contribution >= 4 is 0 Å². The highest BCUT2D eigenvalue weighted by atomic mass is 16.5. The van der Waals surface area contributed by atoms with Crippen LogP contribution in [0.25, 0.3) is 0 Å². The molecule has 1 saturated carbocycles. The van der Waals surface area contributed by atoms with Crippen molar-refractivity contribution < 1.29 is 9.84 Å².